The summed E-state index contributed by atoms with van der Waals surface area (Å²) < 4.78 is 0. The number of hydrogen-bond acceptors (Lipinski definition) is 2. The summed E-state index contributed by atoms with van der Waals surface area (Å²) in [6, 6.07) is 0. The molecule has 0 aromatic heterocycles. The maximum atomic E-state index is 11.8. The van der Waals surface area contributed by atoms with Crippen LogP contribution in [0.4, 0.5) is 0 Å². The minimum Gasteiger partial charge on any atom is -0.285 e. The van der Waals surface area contributed by atoms with Crippen LogP contribution >= 0.6 is 0 Å². The summed E-state index contributed by atoms with van der Waals surface area (Å²) in [6.45, 7) is 0. The molecule has 0 N–H and O–H groups in total. The molecule has 2 unspecified atom stereocenters. The van der Waals surface area contributed by atoms with E-state index in [4.69, 9.17) is 0 Å². The normalized spacial score (nSPS) is 43.6. The van der Waals surface area contributed by atoms with E-state index < -0.39 is 0 Å². The fraction of sp³-hybridized carbons (Fsp3) is 0.455. The van der Waals surface area contributed by atoms with Crippen molar-refractivity contribution in [1.82, 2.24) is 4.90 Å². The summed E-state index contributed by atoms with van der Waals surface area (Å²) in [4.78, 5) is 24.8. The van der Waals surface area contributed by atoms with Crippen molar-refractivity contribution >= 4 is 11.8 Å². The summed E-state index contributed by atoms with van der Waals surface area (Å²) in [5.74, 6) is 0.0326. The number of amides is 2. The standard InChI is InChI=1S/C11H11NO2/c1-12-10(13)8-6-2-3-7(5-4-6)9(8)11(12)14/h2-9H,1H3. The van der Waals surface area contributed by atoms with Gasteiger partial charge in [-0.1, -0.05) is 24.3 Å². The Labute approximate surface area is 82.1 Å². The van der Waals surface area contributed by atoms with Crippen LogP contribution in [0.25, 0.3) is 0 Å². The van der Waals surface area contributed by atoms with Gasteiger partial charge in [0, 0.05) is 18.9 Å². The van der Waals surface area contributed by atoms with E-state index in [-0.39, 0.29) is 35.5 Å². The third-order valence-corrected chi connectivity index (χ3v) is 3.56. The van der Waals surface area contributed by atoms with E-state index in [0.29, 0.717) is 0 Å². The Balaban J connectivity index is 2.11. The van der Waals surface area contributed by atoms with Gasteiger partial charge in [-0.2, -0.15) is 0 Å². The molecule has 0 spiro atoms. The molecule has 1 heterocycles. The van der Waals surface area contributed by atoms with Crippen LogP contribution in [0.2, 0.25) is 0 Å². The van der Waals surface area contributed by atoms with Gasteiger partial charge in [-0.05, 0) is 0 Å². The molecule has 3 heteroatoms. The number of carbonyl (C=O) groups excluding carboxylic acids is 2. The van der Waals surface area contributed by atoms with Gasteiger partial charge in [0.2, 0.25) is 11.8 Å². The van der Waals surface area contributed by atoms with Crippen molar-refractivity contribution in [2.75, 3.05) is 7.05 Å². The number of likely N-dealkylation sites (tertiary alicyclic amines) is 1. The second-order valence-electron chi connectivity index (χ2n) is 4.21. The molecule has 0 saturated carbocycles. The molecule has 1 aliphatic heterocycles. The molecule has 14 heavy (non-hydrogen) atoms. The number of nitrogens with zero attached hydrogens (tertiary/aromatic N) is 1. The number of rotatable bonds is 0. The van der Waals surface area contributed by atoms with Crippen LogP contribution in [0.5, 0.6) is 0 Å². The highest BCUT2D eigenvalue weighted by Gasteiger charge is 2.53. The van der Waals surface area contributed by atoms with Gasteiger partial charge in [0.1, 0.15) is 0 Å². The van der Waals surface area contributed by atoms with Gasteiger partial charge < -0.3 is 0 Å². The smallest absolute Gasteiger partial charge is 0.233 e. The van der Waals surface area contributed by atoms with Crippen molar-refractivity contribution in [3.63, 3.8) is 0 Å². The largest absolute Gasteiger partial charge is 0.285 e. The zero-order valence-electron chi connectivity index (χ0n) is 7.88. The fourth-order valence-electron chi connectivity index (χ4n) is 2.79. The number of allylic oxidation sites excluding steroid dienone is 4. The first kappa shape index (κ1) is 7.97. The first-order chi connectivity index (χ1) is 6.70. The average Bonchev–Trinajstić information content (AvgIpc) is 2.47. The van der Waals surface area contributed by atoms with E-state index in [1.165, 1.54) is 4.90 Å². The minimum absolute atomic E-state index is 0.0105. The highest BCUT2D eigenvalue weighted by molar-refractivity contribution is 6.06. The summed E-state index contributed by atoms with van der Waals surface area (Å²) in [5, 5.41) is 0. The first-order valence-electron chi connectivity index (χ1n) is 4.88. The average molecular weight is 189 g/mol. The van der Waals surface area contributed by atoms with E-state index in [9.17, 15) is 9.59 Å². The van der Waals surface area contributed by atoms with Gasteiger partial charge in [-0.3, -0.25) is 14.5 Å². The molecule has 4 rings (SSSR count). The molecular weight excluding hydrogens is 178 g/mol. The monoisotopic (exact) mass is 189 g/mol. The van der Waals surface area contributed by atoms with Crippen molar-refractivity contribution in [1.29, 1.82) is 0 Å². The molecule has 0 aromatic carbocycles. The van der Waals surface area contributed by atoms with Crippen LogP contribution in [-0.4, -0.2) is 23.8 Å². The fourth-order valence-corrected chi connectivity index (χ4v) is 2.79. The molecule has 1 fully saturated rings. The third-order valence-electron chi connectivity index (χ3n) is 3.56. The first-order valence-corrected chi connectivity index (χ1v) is 4.88. The van der Waals surface area contributed by atoms with E-state index in [0.717, 1.165) is 0 Å². The topological polar surface area (TPSA) is 37.4 Å². The molecule has 0 radical (unpaired) electrons. The van der Waals surface area contributed by atoms with Gasteiger partial charge >= 0.3 is 0 Å². The maximum absolute atomic E-state index is 11.8. The number of hydrogen-bond donors (Lipinski definition) is 0. The predicted molar refractivity (Wildman–Crippen MR) is 50.0 cm³/mol. The highest BCUT2D eigenvalue weighted by atomic mass is 16.2. The molecule has 1 saturated heterocycles. The van der Waals surface area contributed by atoms with E-state index >= 15 is 0 Å². The van der Waals surface area contributed by atoms with Crippen LogP contribution < -0.4 is 0 Å². The molecule has 2 atom stereocenters. The molecule has 72 valence electrons. The molecular formula is C11H11NO2. The predicted octanol–water partition coefficient (Wildman–Crippen LogP) is 0.589. The van der Waals surface area contributed by atoms with Crippen LogP contribution in [0.15, 0.2) is 24.3 Å². The molecule has 3 nitrogen and oxygen atoms in total. The lowest BCUT2D eigenvalue weighted by Gasteiger charge is -2.33. The van der Waals surface area contributed by atoms with Crippen molar-refractivity contribution in [2.45, 2.75) is 0 Å². The Morgan fingerprint density at radius 2 is 1.29 bits per heavy atom. The van der Waals surface area contributed by atoms with Crippen molar-refractivity contribution in [2.24, 2.45) is 23.7 Å². The third kappa shape index (κ3) is 0.733. The van der Waals surface area contributed by atoms with Crippen LogP contribution in [0.1, 0.15) is 0 Å². The van der Waals surface area contributed by atoms with Gasteiger partial charge in [-0.25, -0.2) is 0 Å². The van der Waals surface area contributed by atoms with Crippen molar-refractivity contribution in [3.05, 3.63) is 24.3 Å². The molecule has 3 aliphatic carbocycles. The van der Waals surface area contributed by atoms with Gasteiger partial charge in [0.15, 0.2) is 0 Å². The Morgan fingerprint density at radius 1 is 0.929 bits per heavy atom. The Kier molecular flexibility index (Phi) is 1.34. The van der Waals surface area contributed by atoms with Gasteiger partial charge in [0.25, 0.3) is 0 Å². The summed E-state index contributed by atoms with van der Waals surface area (Å²) in [7, 11) is 1.59. The van der Waals surface area contributed by atoms with Crippen molar-refractivity contribution in [3.8, 4) is 0 Å². The number of imide groups is 1. The molecule has 2 bridgehead atoms. The summed E-state index contributed by atoms with van der Waals surface area (Å²) in [6.07, 6.45) is 8.21. The van der Waals surface area contributed by atoms with Gasteiger partial charge in [0.05, 0.1) is 11.8 Å². The zero-order valence-corrected chi connectivity index (χ0v) is 7.88. The van der Waals surface area contributed by atoms with Crippen LogP contribution in [-0.2, 0) is 9.59 Å². The lowest BCUT2D eigenvalue weighted by Crippen LogP contribution is -2.35. The molecule has 4 aliphatic rings. The van der Waals surface area contributed by atoms with Crippen molar-refractivity contribution < 1.29 is 9.59 Å². The summed E-state index contributed by atoms with van der Waals surface area (Å²) in [5.41, 5.74) is 0. The quantitative estimate of drug-likeness (QED) is 0.413. The second-order valence-corrected chi connectivity index (χ2v) is 4.21. The second kappa shape index (κ2) is 2.35. The van der Waals surface area contributed by atoms with E-state index in [2.05, 4.69) is 24.3 Å². The zero-order chi connectivity index (χ0) is 9.87. The Hall–Kier alpha value is -1.38. The lowest BCUT2D eigenvalue weighted by molar-refractivity contribution is -0.138. The Morgan fingerprint density at radius 3 is 1.64 bits per heavy atom. The molecule has 0 aromatic rings. The lowest BCUT2D eigenvalue weighted by atomic mass is 9.67. The highest BCUT2D eigenvalue weighted by Crippen LogP contribution is 2.45. The van der Waals surface area contributed by atoms with Crippen LogP contribution in [0, 0.1) is 23.7 Å². The maximum Gasteiger partial charge on any atom is 0.233 e. The van der Waals surface area contributed by atoms with Gasteiger partial charge in [-0.15, -0.1) is 0 Å². The van der Waals surface area contributed by atoms with E-state index in [1.54, 1.807) is 7.05 Å². The minimum atomic E-state index is -0.118. The molecule has 2 amide bonds. The van der Waals surface area contributed by atoms with E-state index in [1.807, 2.05) is 0 Å². The SMILES string of the molecule is CN1C(=O)C2C3C=CC(C=C3)C2C1=O. The number of carbonyl (C=O) groups is 2. The summed E-state index contributed by atoms with van der Waals surface area (Å²) >= 11 is 0. The van der Waals surface area contributed by atoms with Crippen LogP contribution in [0.3, 0.4) is 0 Å². The Bertz CT molecular complexity index is 335.